The van der Waals surface area contributed by atoms with Crippen molar-refractivity contribution in [1.29, 1.82) is 0 Å². The number of hydrogen-bond acceptors (Lipinski definition) is 7. The number of quaternary nitrogens is 1. The Balaban J connectivity index is 0. The van der Waals surface area contributed by atoms with E-state index in [0.29, 0.717) is 39.6 Å². The highest BCUT2D eigenvalue weighted by atomic mass is 31.2. The molecule has 6 N–H and O–H groups in total. The molecule has 0 bridgehead atoms. The molecule has 0 spiro atoms. The fourth-order valence-corrected chi connectivity index (χ4v) is 4.94. The van der Waals surface area contributed by atoms with Crippen LogP contribution in [0.1, 0.15) is 110 Å². The molecule has 0 aromatic carbocycles. The molecule has 0 fully saturated rings. The van der Waals surface area contributed by atoms with E-state index in [9.17, 15) is 0 Å². The molecule has 0 aromatic rings. The molecule has 256 valence electrons. The Hall–Kier alpha value is -0.170. The zero-order valence-electron chi connectivity index (χ0n) is 26.7. The molecule has 0 aromatic heterocycles. The Morgan fingerprint density at radius 2 is 0.714 bits per heavy atom. The average molecular weight is 633 g/mol. The van der Waals surface area contributed by atoms with E-state index in [-0.39, 0.29) is 19.8 Å². The third-order valence-electron chi connectivity index (χ3n) is 7.32. The first-order valence-electron chi connectivity index (χ1n) is 16.4. The molecule has 12 heteroatoms. The Kier molecular flexibility index (Phi) is 35.3. The second-order valence-corrected chi connectivity index (χ2v) is 12.1. The van der Waals surface area contributed by atoms with Gasteiger partial charge in [0, 0.05) is 0 Å². The van der Waals surface area contributed by atoms with Gasteiger partial charge in [0.2, 0.25) is 0 Å². The van der Waals surface area contributed by atoms with Gasteiger partial charge in [-0.2, -0.15) is 0 Å². The number of phosphoric acid groups is 1. The summed E-state index contributed by atoms with van der Waals surface area (Å²) in [4.78, 5) is 21.6. The van der Waals surface area contributed by atoms with Gasteiger partial charge in [0.1, 0.15) is 19.6 Å². The molecule has 0 heterocycles. The van der Waals surface area contributed by atoms with E-state index in [4.69, 9.17) is 48.8 Å². The predicted octanol–water partition coefficient (Wildman–Crippen LogP) is 4.16. The molecular weight excluding hydrogens is 565 g/mol. The molecule has 0 unspecified atom stereocenters. The highest BCUT2D eigenvalue weighted by molar-refractivity contribution is 7.45. The Morgan fingerprint density at radius 1 is 0.452 bits per heavy atom. The summed E-state index contributed by atoms with van der Waals surface area (Å²) < 4.78 is 26.5. The fourth-order valence-electron chi connectivity index (χ4n) is 4.94. The highest BCUT2D eigenvalue weighted by Crippen LogP contribution is 2.25. The van der Waals surface area contributed by atoms with E-state index in [1.807, 2.05) is 0 Å². The minimum atomic E-state index is -4.64. The first-order chi connectivity index (χ1) is 20.2. The molecule has 0 saturated heterocycles. The van der Waals surface area contributed by atoms with Crippen LogP contribution in [0.4, 0.5) is 0 Å². The van der Waals surface area contributed by atoms with Crippen molar-refractivity contribution >= 4 is 7.82 Å². The van der Waals surface area contributed by atoms with Gasteiger partial charge in [0.05, 0.1) is 66.0 Å². The summed E-state index contributed by atoms with van der Waals surface area (Å²) >= 11 is 0. The second-order valence-electron chi connectivity index (χ2n) is 11.1. The number of ether oxygens (including phenoxy) is 3. The number of unbranched alkanes of at least 4 members (excludes halogenated alkanes) is 15. The summed E-state index contributed by atoms with van der Waals surface area (Å²) in [5, 5.41) is 27.1. The molecule has 0 amide bonds. The number of nitrogens with zero attached hydrogens (tertiary/aromatic N) is 1. The summed E-state index contributed by atoms with van der Waals surface area (Å²) in [7, 11) is -4.64. The van der Waals surface area contributed by atoms with Gasteiger partial charge < -0.3 is 48.7 Å². The summed E-state index contributed by atoms with van der Waals surface area (Å²) in [6.07, 6.45) is 21.9. The van der Waals surface area contributed by atoms with E-state index in [0.717, 1.165) is 37.1 Å². The van der Waals surface area contributed by atoms with Crippen LogP contribution >= 0.6 is 7.82 Å². The lowest BCUT2D eigenvalue weighted by Gasteiger charge is -2.39. The molecule has 0 aliphatic heterocycles. The van der Waals surface area contributed by atoms with Crippen LogP contribution in [0.5, 0.6) is 0 Å². The van der Waals surface area contributed by atoms with Crippen LogP contribution in [0.25, 0.3) is 0 Å². The molecule has 0 atom stereocenters. The van der Waals surface area contributed by atoms with Gasteiger partial charge in [0.15, 0.2) is 0 Å². The quantitative estimate of drug-likeness (QED) is 0.0360. The second kappa shape index (κ2) is 33.7. The Labute approximate surface area is 256 Å². The van der Waals surface area contributed by atoms with Crippen molar-refractivity contribution in [3.63, 3.8) is 0 Å². The van der Waals surface area contributed by atoms with Crippen LogP contribution in [0.15, 0.2) is 0 Å². The standard InChI is InChI=1S/C30H64NO6.H3O4P/c1-2-3-4-5-6-7-8-9-10-11-12-13-14-15-16-17-18-31(19-25-35-28-22-32,20-26-36-29-23-33)21-27-37-30-24-34;1-5(2,3)4/h32-34H,2-30H2,1H3;(H3,1,2,3,4)/q+1;. The molecule has 0 aliphatic rings. The molecular formula is C30H67NO10P+. The van der Waals surface area contributed by atoms with Crippen molar-refractivity contribution < 1.29 is 53.3 Å². The van der Waals surface area contributed by atoms with Crippen molar-refractivity contribution in [2.75, 3.05) is 85.6 Å². The first kappa shape index (κ1) is 44.0. The summed E-state index contributed by atoms with van der Waals surface area (Å²) in [5.41, 5.74) is 0. The van der Waals surface area contributed by atoms with E-state index in [1.165, 1.54) is 96.3 Å². The minimum absolute atomic E-state index is 0.0400. The van der Waals surface area contributed by atoms with Crippen LogP contribution in [-0.4, -0.2) is 120 Å². The van der Waals surface area contributed by atoms with Crippen LogP contribution in [-0.2, 0) is 18.8 Å². The van der Waals surface area contributed by atoms with Crippen LogP contribution in [0.3, 0.4) is 0 Å². The van der Waals surface area contributed by atoms with Crippen LogP contribution in [0.2, 0.25) is 0 Å². The van der Waals surface area contributed by atoms with E-state index >= 15 is 0 Å². The zero-order chi connectivity index (χ0) is 31.6. The normalized spacial score (nSPS) is 12.0. The average Bonchev–Trinajstić information content (AvgIpc) is 2.94. The molecule has 42 heavy (non-hydrogen) atoms. The van der Waals surface area contributed by atoms with Crippen LogP contribution in [0, 0.1) is 0 Å². The van der Waals surface area contributed by atoms with Gasteiger partial charge in [-0.25, -0.2) is 4.57 Å². The SMILES string of the molecule is CCCCCCCCCCCCCCCCCC[N+](CCOCCO)(CCOCCO)CCOCCO.O=P(O)(O)O. The smallest absolute Gasteiger partial charge is 0.394 e. The van der Waals surface area contributed by atoms with Gasteiger partial charge >= 0.3 is 7.82 Å². The monoisotopic (exact) mass is 632 g/mol. The van der Waals surface area contributed by atoms with Gasteiger partial charge in [-0.3, -0.25) is 0 Å². The van der Waals surface area contributed by atoms with Gasteiger partial charge in [-0.05, 0) is 12.8 Å². The summed E-state index contributed by atoms with van der Waals surface area (Å²) in [6, 6.07) is 0. The van der Waals surface area contributed by atoms with Crippen molar-refractivity contribution in [1.82, 2.24) is 0 Å². The van der Waals surface area contributed by atoms with E-state index < -0.39 is 7.82 Å². The first-order valence-corrected chi connectivity index (χ1v) is 18.0. The Bertz CT molecular complexity index is 529. The summed E-state index contributed by atoms with van der Waals surface area (Å²) in [5.74, 6) is 0. The number of hydrogen-bond donors (Lipinski definition) is 6. The van der Waals surface area contributed by atoms with Gasteiger partial charge in [0.25, 0.3) is 0 Å². The van der Waals surface area contributed by atoms with Gasteiger partial charge in [-0.15, -0.1) is 0 Å². The predicted molar refractivity (Wildman–Crippen MR) is 167 cm³/mol. The van der Waals surface area contributed by atoms with Gasteiger partial charge in [-0.1, -0.05) is 96.8 Å². The molecule has 0 radical (unpaired) electrons. The van der Waals surface area contributed by atoms with Crippen LogP contribution < -0.4 is 0 Å². The fraction of sp³-hybridized carbons (Fsp3) is 1.00. The van der Waals surface area contributed by atoms with E-state index in [2.05, 4.69) is 6.92 Å². The third kappa shape index (κ3) is 37.9. The number of aliphatic hydroxyl groups excluding tert-OH is 3. The lowest BCUT2D eigenvalue weighted by Crippen LogP contribution is -2.54. The van der Waals surface area contributed by atoms with Crippen molar-refractivity contribution in [3.05, 3.63) is 0 Å². The molecule has 0 saturated carbocycles. The maximum atomic E-state index is 9.04. The van der Waals surface area contributed by atoms with Crippen molar-refractivity contribution in [2.45, 2.75) is 110 Å². The third-order valence-corrected chi connectivity index (χ3v) is 7.32. The summed E-state index contributed by atoms with van der Waals surface area (Å²) in [6.45, 7) is 8.88. The molecule has 11 nitrogen and oxygen atoms in total. The topological polar surface area (TPSA) is 166 Å². The lowest BCUT2D eigenvalue weighted by atomic mass is 10.0. The van der Waals surface area contributed by atoms with Crippen molar-refractivity contribution in [3.8, 4) is 0 Å². The largest absolute Gasteiger partial charge is 0.466 e. The maximum absolute atomic E-state index is 9.04. The molecule has 0 rings (SSSR count). The zero-order valence-corrected chi connectivity index (χ0v) is 27.6. The maximum Gasteiger partial charge on any atom is 0.466 e. The highest BCUT2D eigenvalue weighted by Gasteiger charge is 2.26. The Morgan fingerprint density at radius 3 is 0.976 bits per heavy atom. The number of aliphatic hydroxyl groups is 3. The van der Waals surface area contributed by atoms with Crippen molar-refractivity contribution in [2.24, 2.45) is 0 Å². The minimum Gasteiger partial charge on any atom is -0.394 e. The lowest BCUT2D eigenvalue weighted by molar-refractivity contribution is -0.929. The number of rotatable bonds is 32. The van der Waals surface area contributed by atoms with E-state index in [1.54, 1.807) is 0 Å². The molecule has 0 aliphatic carbocycles.